The topological polar surface area (TPSA) is 134 Å². The summed E-state index contributed by atoms with van der Waals surface area (Å²) in [6, 6.07) is 4.63. The molecule has 0 spiro atoms. The number of aromatic nitrogens is 5. The van der Waals surface area contributed by atoms with E-state index < -0.39 is 29.4 Å². The highest BCUT2D eigenvalue weighted by atomic mass is 32.1. The third-order valence-electron chi connectivity index (χ3n) is 7.26. The smallest absolute Gasteiger partial charge is 0.330 e. The van der Waals surface area contributed by atoms with Crippen molar-refractivity contribution in [2.24, 2.45) is 0 Å². The lowest BCUT2D eigenvalue weighted by atomic mass is 9.85. The van der Waals surface area contributed by atoms with Gasteiger partial charge >= 0.3 is 5.97 Å². The number of thiazole rings is 1. The number of likely N-dealkylation sites (tertiary alicyclic amines) is 1. The Morgan fingerprint density at radius 2 is 2.00 bits per heavy atom. The summed E-state index contributed by atoms with van der Waals surface area (Å²) >= 11 is 1.38. The first-order valence-electron chi connectivity index (χ1n) is 12.5. The van der Waals surface area contributed by atoms with Crippen molar-refractivity contribution in [3.05, 3.63) is 88.4 Å². The number of aliphatic carboxylic acids is 1. The normalized spacial score (nSPS) is 21.2. The average Bonchev–Trinajstić information content (AvgIpc) is 3.69. The van der Waals surface area contributed by atoms with Crippen molar-refractivity contribution in [1.82, 2.24) is 29.8 Å². The molecule has 4 heterocycles. The Bertz CT molecular complexity index is 1450. The van der Waals surface area contributed by atoms with Crippen LogP contribution in [0.2, 0.25) is 0 Å². The third-order valence-corrected chi connectivity index (χ3v) is 8.10. The fourth-order valence-electron chi connectivity index (χ4n) is 5.47. The monoisotopic (exact) mass is 546 g/mol. The number of rotatable bonds is 7. The maximum Gasteiger partial charge on any atom is 0.330 e. The minimum atomic E-state index is -1.61. The summed E-state index contributed by atoms with van der Waals surface area (Å²) in [5.74, 6) is -1.43. The number of carbonyl (C=O) groups is 2. The van der Waals surface area contributed by atoms with Crippen molar-refractivity contribution in [3.8, 4) is 5.75 Å². The van der Waals surface area contributed by atoms with E-state index in [1.165, 1.54) is 22.6 Å². The van der Waals surface area contributed by atoms with Crippen molar-refractivity contribution in [3.63, 3.8) is 0 Å². The molecule has 0 aliphatic carbocycles. The molecule has 3 atom stereocenters. The number of benzene rings is 1. The molecule has 1 saturated heterocycles. The third kappa shape index (κ3) is 4.78. The number of methoxy groups -OCH3 is 1. The van der Waals surface area contributed by atoms with E-state index in [2.05, 4.69) is 45.7 Å². The molecule has 4 aromatic rings. The second kappa shape index (κ2) is 10.2. The maximum atomic E-state index is 14.5. The van der Waals surface area contributed by atoms with Gasteiger partial charge in [-0.2, -0.15) is 0 Å². The van der Waals surface area contributed by atoms with Gasteiger partial charge in [-0.1, -0.05) is 26.8 Å². The second-order valence-electron chi connectivity index (χ2n) is 10.7. The molecule has 0 radical (unpaired) electrons. The number of H-pyrrole nitrogens is 1. The van der Waals surface area contributed by atoms with Gasteiger partial charge in [-0.15, -0.1) is 11.3 Å². The van der Waals surface area contributed by atoms with E-state index in [-0.39, 0.29) is 18.3 Å². The van der Waals surface area contributed by atoms with Crippen LogP contribution in [0.5, 0.6) is 5.75 Å². The van der Waals surface area contributed by atoms with Gasteiger partial charge in [0.2, 0.25) is 0 Å². The molecule has 11 heteroatoms. The number of carboxylic acids is 1. The number of hydrogen-bond acceptors (Lipinski definition) is 8. The van der Waals surface area contributed by atoms with Crippen LogP contribution in [0.15, 0.2) is 60.9 Å². The summed E-state index contributed by atoms with van der Waals surface area (Å²) in [4.78, 5) is 49.7. The molecule has 0 saturated carbocycles. The molecule has 1 aromatic carbocycles. The van der Waals surface area contributed by atoms with Gasteiger partial charge in [0, 0.05) is 60.0 Å². The van der Waals surface area contributed by atoms with Crippen LogP contribution in [0.4, 0.5) is 0 Å². The SMILES string of the molecule is COc1cc(C(=O)N2[C@@H](c3nccs3)[C@@H](c3cnccn3)C[C@]2(Cc2cnc[nH]2)C(=O)O)ccc1C(C)(C)C. The van der Waals surface area contributed by atoms with Crippen molar-refractivity contribution in [1.29, 1.82) is 0 Å². The standard InChI is InChI=1S/C28H30N6O4S/c1-27(2,3)20-6-5-17(11-22(20)38-4)25(35)34-23(24-32-9-10-39-24)19(21-15-29-7-8-31-21)13-28(34,26(36)37)12-18-14-30-16-33-18/h5-11,14-16,19,23H,12-13H2,1-4H3,(H,30,33)(H,36,37)/t19-,23-,28-/m1/s1. The number of amides is 1. The van der Waals surface area contributed by atoms with Crippen LogP contribution in [0.25, 0.3) is 0 Å². The van der Waals surface area contributed by atoms with E-state index in [0.717, 1.165) is 5.56 Å². The van der Waals surface area contributed by atoms with E-state index in [1.807, 2.05) is 11.4 Å². The van der Waals surface area contributed by atoms with Crippen LogP contribution < -0.4 is 4.74 Å². The van der Waals surface area contributed by atoms with E-state index in [1.54, 1.807) is 50.2 Å². The highest BCUT2D eigenvalue weighted by molar-refractivity contribution is 7.09. The van der Waals surface area contributed by atoms with Gasteiger partial charge in [-0.25, -0.2) is 14.8 Å². The van der Waals surface area contributed by atoms with Crippen LogP contribution in [0.1, 0.15) is 71.5 Å². The largest absolute Gasteiger partial charge is 0.496 e. The predicted octanol–water partition coefficient (Wildman–Crippen LogP) is 4.40. The Morgan fingerprint density at radius 1 is 1.18 bits per heavy atom. The summed E-state index contributed by atoms with van der Waals surface area (Å²) in [6.07, 6.45) is 9.67. The lowest BCUT2D eigenvalue weighted by molar-refractivity contribution is -0.149. The van der Waals surface area contributed by atoms with Gasteiger partial charge in [0.15, 0.2) is 0 Å². The van der Waals surface area contributed by atoms with E-state index in [0.29, 0.717) is 27.7 Å². The molecular formula is C28H30N6O4S. The quantitative estimate of drug-likeness (QED) is 0.348. The average molecular weight is 547 g/mol. The van der Waals surface area contributed by atoms with Crippen molar-refractivity contribution < 1.29 is 19.4 Å². The summed E-state index contributed by atoms with van der Waals surface area (Å²) in [5, 5.41) is 13.3. The highest BCUT2D eigenvalue weighted by Crippen LogP contribution is 2.53. The molecule has 1 aliphatic heterocycles. The van der Waals surface area contributed by atoms with Gasteiger partial charge < -0.3 is 19.7 Å². The number of ether oxygens (including phenoxy) is 1. The summed E-state index contributed by atoms with van der Waals surface area (Å²) in [6.45, 7) is 6.20. The molecule has 1 amide bonds. The van der Waals surface area contributed by atoms with Gasteiger partial charge in [0.25, 0.3) is 5.91 Å². The molecule has 3 aromatic heterocycles. The van der Waals surface area contributed by atoms with Gasteiger partial charge in [0.1, 0.15) is 16.3 Å². The van der Waals surface area contributed by atoms with Crippen LogP contribution in [0.3, 0.4) is 0 Å². The summed E-state index contributed by atoms with van der Waals surface area (Å²) in [5.41, 5.74) is 0.651. The zero-order chi connectivity index (χ0) is 27.8. The van der Waals surface area contributed by atoms with Gasteiger partial charge in [0.05, 0.1) is 25.2 Å². The molecule has 39 heavy (non-hydrogen) atoms. The van der Waals surface area contributed by atoms with Gasteiger partial charge in [-0.05, 0) is 29.5 Å². The minimum absolute atomic E-state index is 0.0317. The number of aromatic amines is 1. The minimum Gasteiger partial charge on any atom is -0.496 e. The van der Waals surface area contributed by atoms with E-state index >= 15 is 0 Å². The molecule has 1 fully saturated rings. The summed E-state index contributed by atoms with van der Waals surface area (Å²) in [7, 11) is 1.57. The Balaban J connectivity index is 1.71. The second-order valence-corrected chi connectivity index (χ2v) is 11.6. The van der Waals surface area contributed by atoms with Gasteiger partial charge in [-0.3, -0.25) is 14.8 Å². The summed E-state index contributed by atoms with van der Waals surface area (Å²) < 4.78 is 5.67. The molecule has 0 unspecified atom stereocenters. The first-order valence-corrected chi connectivity index (χ1v) is 13.4. The first kappa shape index (κ1) is 26.5. The highest BCUT2D eigenvalue weighted by Gasteiger charge is 2.60. The Kier molecular flexibility index (Phi) is 6.94. The fourth-order valence-corrected chi connectivity index (χ4v) is 6.27. The van der Waals surface area contributed by atoms with Crippen LogP contribution in [0, 0.1) is 0 Å². The zero-order valence-electron chi connectivity index (χ0n) is 22.2. The van der Waals surface area contributed by atoms with Crippen molar-refractivity contribution in [2.45, 2.75) is 56.5 Å². The number of nitrogens with one attached hydrogen (secondary N) is 1. The predicted molar refractivity (Wildman–Crippen MR) is 145 cm³/mol. The van der Waals surface area contributed by atoms with Crippen molar-refractivity contribution in [2.75, 3.05) is 7.11 Å². The number of imidazole rings is 1. The first-order chi connectivity index (χ1) is 18.7. The van der Waals surface area contributed by atoms with E-state index in [4.69, 9.17) is 4.74 Å². The molecular weight excluding hydrogens is 516 g/mol. The van der Waals surface area contributed by atoms with E-state index in [9.17, 15) is 14.7 Å². The molecule has 10 nitrogen and oxygen atoms in total. The molecule has 1 aliphatic rings. The Hall–Kier alpha value is -4.12. The number of hydrogen-bond donors (Lipinski definition) is 2. The molecule has 0 bridgehead atoms. The van der Waals surface area contributed by atoms with Crippen molar-refractivity contribution >= 4 is 23.2 Å². The Morgan fingerprint density at radius 3 is 2.59 bits per heavy atom. The molecule has 202 valence electrons. The molecule has 5 rings (SSSR count). The number of nitrogens with zero attached hydrogens (tertiary/aromatic N) is 5. The van der Waals surface area contributed by atoms with Crippen LogP contribution in [-0.4, -0.2) is 59.5 Å². The maximum absolute atomic E-state index is 14.5. The number of carboxylic acid groups (broad SMARTS) is 1. The Labute approximate surface area is 230 Å². The van der Waals surface area contributed by atoms with Crippen LogP contribution >= 0.6 is 11.3 Å². The fraction of sp³-hybridized carbons (Fsp3) is 0.357. The molecule has 2 N–H and O–H groups in total. The zero-order valence-corrected chi connectivity index (χ0v) is 23.0. The lowest BCUT2D eigenvalue weighted by Crippen LogP contribution is -2.55. The number of carbonyl (C=O) groups excluding carboxylic acids is 1. The van der Waals surface area contributed by atoms with Crippen LogP contribution in [-0.2, 0) is 16.6 Å². The lowest BCUT2D eigenvalue weighted by Gasteiger charge is -2.37.